The second-order valence-electron chi connectivity index (χ2n) is 27.5. The first kappa shape index (κ1) is 32.2. The topological polar surface area (TPSA) is 35.9 Å². The summed E-state index contributed by atoms with van der Waals surface area (Å²) in [5.74, 6) is 0.674. The largest absolute Gasteiger partial charge is 0.510 e. The molecule has 0 fully saturated rings. The molecule has 0 unspecified atom stereocenters. The summed E-state index contributed by atoms with van der Waals surface area (Å²) in [6, 6.07) is 27.9. The number of rotatable bonds is 8. The van der Waals surface area contributed by atoms with Gasteiger partial charge in [0.1, 0.15) is 5.82 Å². The van der Waals surface area contributed by atoms with Crippen LogP contribution in [0, 0.1) is 18.5 Å². The molecule has 0 saturated carbocycles. The molecule has 3 aromatic heterocycles. The van der Waals surface area contributed by atoms with Gasteiger partial charge in [-0.05, 0) is 202 Å². The molecule has 0 saturated heterocycles. The van der Waals surface area contributed by atoms with Crippen molar-refractivity contribution in [2.45, 2.75) is 205 Å². The Kier molecular flexibility index (Phi) is 7.47. The molecule has 0 spiro atoms. The first-order valence-corrected chi connectivity index (χ1v) is 30.4. The molecule has 8 aromatic carbocycles. The van der Waals surface area contributed by atoms with Gasteiger partial charge in [0.25, 0.3) is 6.33 Å². The Morgan fingerprint density at radius 2 is 1.13 bits per heavy atom. The number of pyridine rings is 1. The van der Waals surface area contributed by atoms with Gasteiger partial charge in [-0.1, -0.05) is 219 Å². The molecule has 5 nitrogen and oxygen atoms in total. The van der Waals surface area contributed by atoms with Gasteiger partial charge in [0.2, 0.25) is 0 Å². The zero-order valence-corrected chi connectivity index (χ0v) is 54.2. The van der Waals surface area contributed by atoms with E-state index in [9.17, 15) is 19.2 Å². The maximum absolute atomic E-state index is 10.5. The van der Waals surface area contributed by atoms with Gasteiger partial charge in [-0.3, -0.25) is 4.57 Å². The third kappa shape index (κ3) is 10.1. The molecule has 6 heteroatoms. The Balaban J connectivity index is 0.0000136. The first-order valence-electron chi connectivity index (χ1n) is 49.4. The molecule has 4 aliphatic carbocycles. The summed E-state index contributed by atoms with van der Waals surface area (Å²) in [5, 5.41) is 1.64. The predicted octanol–water partition coefficient (Wildman–Crippen LogP) is 22.0. The molecule has 0 N–H and O–H groups in total. The molecule has 0 radical (unpaired) electrons. The van der Waals surface area contributed by atoms with Gasteiger partial charge in [-0.15, -0.1) is 29.7 Å². The second kappa shape index (κ2) is 21.3. The van der Waals surface area contributed by atoms with Crippen molar-refractivity contribution < 1.29 is 82.5 Å². The van der Waals surface area contributed by atoms with Crippen LogP contribution in [0.25, 0.3) is 83.4 Å². The van der Waals surface area contributed by atoms with Gasteiger partial charge in [0.15, 0.2) is 0 Å². The Labute approximate surface area is 615 Å². The zero-order valence-electron chi connectivity index (χ0n) is 89.9. The Morgan fingerprint density at radius 1 is 0.543 bits per heavy atom. The number of benzene rings is 8. The van der Waals surface area contributed by atoms with Crippen LogP contribution in [-0.4, -0.2) is 14.1 Å². The number of hydrogen-bond donors (Lipinski definition) is 0. The van der Waals surface area contributed by atoms with E-state index in [0.29, 0.717) is 11.3 Å². The first-order chi connectivity index (χ1) is 58.6. The van der Waals surface area contributed by atoms with Gasteiger partial charge in [-0.25, -0.2) is 4.98 Å². The van der Waals surface area contributed by atoms with Crippen LogP contribution < -0.4 is 9.30 Å². The molecule has 0 amide bonds. The maximum atomic E-state index is 10.5. The summed E-state index contributed by atoms with van der Waals surface area (Å²) >= 11 is 0. The van der Waals surface area contributed by atoms with Crippen molar-refractivity contribution in [2.24, 2.45) is 0 Å². The number of imidazole rings is 1. The fraction of sp³-hybridized carbons (Fsp3) is 0.372. The summed E-state index contributed by atoms with van der Waals surface area (Å²) in [7, 11) is 0. The Hall–Kier alpha value is -7.33. The summed E-state index contributed by atoms with van der Waals surface area (Å²) in [4.78, 5) is 4.94. The molecule has 0 aliphatic heterocycles. The number of ether oxygens (including phenoxy) is 1. The smallest absolute Gasteiger partial charge is 0.268 e. The van der Waals surface area contributed by atoms with Crippen LogP contribution in [0.5, 0.6) is 11.5 Å². The second-order valence-corrected chi connectivity index (χ2v) is 27.5. The minimum Gasteiger partial charge on any atom is -0.510 e. The molecule has 0 bridgehead atoms. The van der Waals surface area contributed by atoms with E-state index in [4.69, 9.17) is 42.6 Å². The summed E-state index contributed by atoms with van der Waals surface area (Å²) in [5.41, 5.74) is -23.9. The Morgan fingerprint density at radius 3 is 1.74 bits per heavy atom. The summed E-state index contributed by atoms with van der Waals surface area (Å²) < 4.78 is 366. The van der Waals surface area contributed by atoms with Crippen molar-refractivity contribution in [3.8, 4) is 62.1 Å². The normalized spacial score (nSPS) is 28.0. The van der Waals surface area contributed by atoms with Gasteiger partial charge in [-0.2, -0.15) is 18.2 Å². The van der Waals surface area contributed by atoms with E-state index < -0.39 is 188 Å². The van der Waals surface area contributed by atoms with Crippen LogP contribution in [0.15, 0.2) is 158 Å². The minimum atomic E-state index is -4.86. The van der Waals surface area contributed by atoms with Gasteiger partial charge >= 0.3 is 0 Å². The van der Waals surface area contributed by atoms with E-state index in [0.717, 1.165) is 81.4 Å². The molecule has 11 aromatic rings. The van der Waals surface area contributed by atoms with Crippen molar-refractivity contribution in [1.29, 1.82) is 0 Å². The van der Waals surface area contributed by atoms with Crippen molar-refractivity contribution in [3.63, 3.8) is 0 Å². The SMILES string of the molecule is [2H]c1c([2H])c2c(c([2H])c1-c1cccc(-c3c([2H])c([2H])c4c(c3[2H])C(C([2H])([2H])[2H])(C([2H])([2H])[2H])C([2H])([2H])C([2H])([2H])C4(C([2H])([2H])[2H])C([2H])([2H])[2H])c1-[n+]1[c-]n(-c3[c-]c(Oc4[c-]c5c(cc4)c4cc(-c6cc7c8c(c6)C(C)(C)CCC8(C)CCC7(C)C)ccc4n5-c4cc(C(C)(C)C)ccn4)ccc3)c3ccccc31)C(C([2H])([2H])[2H])(C([2H])([2H])[2H])C([2H])([2H])C([2H])([2H])C2(C([2H])([2H])[2H])C([2H])([2H])[2H].[Pt]. The molecule has 3 heterocycles. The van der Waals surface area contributed by atoms with Crippen LogP contribution >= 0.6 is 0 Å². The van der Waals surface area contributed by atoms with E-state index >= 15 is 0 Å². The summed E-state index contributed by atoms with van der Waals surface area (Å²) in [6.07, 6.45) is -10.2. The van der Waals surface area contributed by atoms with Crippen LogP contribution in [-0.2, 0) is 64.4 Å². The fourth-order valence-corrected chi connectivity index (χ4v) is 13.9. The van der Waals surface area contributed by atoms with Crippen molar-refractivity contribution in [3.05, 3.63) is 221 Å². The number of nitrogens with zero attached hydrogens (tertiary/aromatic N) is 4. The third-order valence-corrected chi connectivity index (χ3v) is 19.2. The minimum absolute atomic E-state index is 0. The monoisotopic (exact) mass is 1430 g/mol. The number of fused-ring (bicyclic) bond motifs is 6. The Bertz CT molecular complexity index is 6250. The van der Waals surface area contributed by atoms with Gasteiger partial charge in [0.05, 0.1) is 24.9 Å². The van der Waals surface area contributed by atoms with E-state index in [1.807, 2.05) is 22.8 Å². The summed E-state index contributed by atoms with van der Waals surface area (Å²) in [6.45, 7) is -18.5. The number of para-hydroxylation sites is 3. The van der Waals surface area contributed by atoms with E-state index in [-0.39, 0.29) is 70.9 Å². The van der Waals surface area contributed by atoms with Gasteiger partial charge < -0.3 is 13.9 Å². The molecule has 0 atom stereocenters. The fourth-order valence-electron chi connectivity index (χ4n) is 13.9. The average Bonchev–Trinajstić information content (AvgIpc) is 0.704. The molecule has 92 heavy (non-hydrogen) atoms. The van der Waals surface area contributed by atoms with E-state index in [2.05, 4.69) is 104 Å². The molecule has 15 rings (SSSR count). The van der Waals surface area contributed by atoms with Crippen LogP contribution in [0.4, 0.5) is 0 Å². The maximum Gasteiger partial charge on any atom is 0.268 e. The van der Waals surface area contributed by atoms with Crippen LogP contribution in [0.3, 0.4) is 0 Å². The molecular formula is C86H90N4OPt-2. The predicted molar refractivity (Wildman–Crippen MR) is 377 cm³/mol. The quantitative estimate of drug-likeness (QED) is 0.112. The van der Waals surface area contributed by atoms with Crippen molar-refractivity contribution in [1.82, 2.24) is 14.1 Å². The molecule has 4 aliphatic rings. The zero-order chi connectivity index (χ0) is 96.1. The third-order valence-electron chi connectivity index (χ3n) is 19.2. The van der Waals surface area contributed by atoms with E-state index in [1.54, 1.807) is 12.3 Å². The van der Waals surface area contributed by atoms with Gasteiger partial charge in [0, 0.05) is 88.1 Å². The number of aromatic nitrogens is 4. The van der Waals surface area contributed by atoms with Crippen LogP contribution in [0.2, 0.25) is 0 Å². The average molecular weight is 1430 g/mol. The van der Waals surface area contributed by atoms with Crippen molar-refractivity contribution in [2.75, 3.05) is 0 Å². The standard InChI is InChI=1S/C86H90N4O.Pt/c1-79(2,3)58-35-44-87-76(50-58)90-72-34-29-54(57-48-70-77-71(49-57)85(14,15)41-43-86(77,16)42-40-84(70,12)13)45-65(72)64-31-30-61(52-75(64)90)91-60-22-19-21-59(51-60)88-53-89(74-26-18-17-25-73(74)88)78-62(55-27-32-66-68(46-55)82(8,9)38-36-80(66,4)5)23-20-24-63(78)56-28-33-67-69(47-56)83(10,11)39-37-81(67,6)7;/h17-35,44-50H,36-43H2,1-16H3;/q-2;/i4D3,5D3,6D3,7D3,8D3,9D3,10D3,11D3,27D,28D,32D,33D,36D2,37D2,38D2,39D2,46D,47D;. The molecule has 472 valence electrons. The number of hydrogen-bond acceptors (Lipinski definition) is 2. The molecular weight excluding hydrogens is 1300 g/mol. The van der Waals surface area contributed by atoms with Crippen molar-refractivity contribution >= 4 is 32.8 Å². The van der Waals surface area contributed by atoms with Crippen LogP contribution in [0.1, 0.15) is 258 Å². The van der Waals surface area contributed by atoms with E-state index in [1.165, 1.54) is 63.7 Å².